The second-order valence-corrected chi connectivity index (χ2v) is 13.0. The van der Waals surface area contributed by atoms with Crippen molar-refractivity contribution >= 4 is 46.3 Å². The van der Waals surface area contributed by atoms with Crippen LogP contribution in [-0.4, -0.2) is 60.4 Å². The van der Waals surface area contributed by atoms with Gasteiger partial charge in [-0.15, -0.1) is 0 Å². The highest BCUT2D eigenvalue weighted by Crippen LogP contribution is 2.29. The van der Waals surface area contributed by atoms with Gasteiger partial charge in [-0.05, 0) is 53.5 Å². The lowest BCUT2D eigenvalue weighted by atomic mass is 9.84. The van der Waals surface area contributed by atoms with Crippen LogP contribution in [-0.2, 0) is 30.3 Å². The van der Waals surface area contributed by atoms with E-state index in [1.807, 2.05) is 42.5 Å². The normalized spacial score (nSPS) is 15.1. The number of guanidine groups is 1. The summed E-state index contributed by atoms with van der Waals surface area (Å²) in [5.41, 5.74) is 18.3. The van der Waals surface area contributed by atoms with Crippen LogP contribution in [0.4, 0.5) is 13.2 Å². The van der Waals surface area contributed by atoms with Crippen LogP contribution in [0.25, 0.3) is 10.8 Å². The molecule has 0 radical (unpaired) electrons. The van der Waals surface area contributed by atoms with Gasteiger partial charge < -0.3 is 32.6 Å². The van der Waals surface area contributed by atoms with Gasteiger partial charge in [0.1, 0.15) is 17.9 Å². The van der Waals surface area contributed by atoms with Gasteiger partial charge in [0.15, 0.2) is 5.96 Å². The van der Waals surface area contributed by atoms with Gasteiger partial charge >= 0.3 is 18.1 Å². The maximum Gasteiger partial charge on any atom is 0.491 e. The number of rotatable bonds is 15. The van der Waals surface area contributed by atoms with Crippen molar-refractivity contribution in [2.75, 3.05) is 6.54 Å². The summed E-state index contributed by atoms with van der Waals surface area (Å²) in [5.74, 6) is -6.71. The van der Waals surface area contributed by atoms with E-state index in [0.717, 1.165) is 48.4 Å². The molecule has 3 aromatic carbocycles. The van der Waals surface area contributed by atoms with Crippen molar-refractivity contribution in [3.8, 4) is 0 Å². The maximum absolute atomic E-state index is 14.3. The molecule has 1 aliphatic carbocycles. The molecule has 0 aliphatic heterocycles. The SMILES string of the molecule is N=C(N)c1ccc(C[C@H](C(=O)N[C@@H](CC2CCCCC2)C(=O)N[C@@H](CCCN=C(N)N)C(=O)OC(=O)C(F)(F)F)c2ccc3ccccc3c2)cc1. The first kappa shape index (κ1) is 39.3. The number of ether oxygens (including phenoxy) is 1. The second-order valence-electron chi connectivity index (χ2n) is 13.0. The van der Waals surface area contributed by atoms with E-state index in [9.17, 15) is 32.3 Å². The molecule has 1 aliphatic rings. The molecule has 0 spiro atoms. The Morgan fingerprint density at radius 3 is 2.15 bits per heavy atom. The lowest BCUT2D eigenvalue weighted by Crippen LogP contribution is -2.53. The Labute approximate surface area is 299 Å². The fraction of sp³-hybridized carbons (Fsp3) is 0.405. The molecular formula is C37H44F3N7O5. The average molecular weight is 724 g/mol. The first-order chi connectivity index (χ1) is 24.7. The number of nitrogens with two attached hydrogens (primary N) is 3. The molecule has 0 saturated heterocycles. The van der Waals surface area contributed by atoms with E-state index in [4.69, 9.17) is 22.6 Å². The Balaban J connectivity index is 1.63. The molecule has 0 aromatic heterocycles. The number of aliphatic imine (C=N–C) groups is 1. The number of alkyl halides is 3. The molecule has 4 rings (SSSR count). The number of esters is 2. The van der Waals surface area contributed by atoms with Gasteiger partial charge in [0.25, 0.3) is 0 Å². The Kier molecular flexibility index (Phi) is 13.7. The van der Waals surface area contributed by atoms with E-state index < -0.39 is 47.9 Å². The van der Waals surface area contributed by atoms with Gasteiger partial charge in [-0.3, -0.25) is 20.0 Å². The summed E-state index contributed by atoms with van der Waals surface area (Å²) in [5, 5.41) is 14.9. The van der Waals surface area contributed by atoms with Crippen molar-refractivity contribution in [2.45, 2.75) is 82.0 Å². The lowest BCUT2D eigenvalue weighted by Gasteiger charge is -2.29. The van der Waals surface area contributed by atoms with Gasteiger partial charge in [-0.1, -0.05) is 98.8 Å². The van der Waals surface area contributed by atoms with Crippen LogP contribution < -0.4 is 27.8 Å². The molecule has 1 fully saturated rings. The minimum Gasteiger partial charge on any atom is -0.385 e. The molecule has 2 amide bonds. The minimum absolute atomic E-state index is 0.0156. The molecule has 15 heteroatoms. The number of fused-ring (bicyclic) bond motifs is 1. The summed E-state index contributed by atoms with van der Waals surface area (Å²) in [6, 6.07) is 17.3. The number of hydrogen-bond donors (Lipinski definition) is 6. The predicted molar refractivity (Wildman–Crippen MR) is 190 cm³/mol. The Morgan fingerprint density at radius 1 is 0.865 bits per heavy atom. The highest BCUT2D eigenvalue weighted by atomic mass is 19.4. The Morgan fingerprint density at radius 2 is 1.52 bits per heavy atom. The largest absolute Gasteiger partial charge is 0.491 e. The molecule has 0 heterocycles. The number of carbonyl (C=O) groups excluding carboxylic acids is 4. The third-order valence-corrected chi connectivity index (χ3v) is 9.09. The number of nitrogens with one attached hydrogen (secondary N) is 3. The number of halogens is 3. The summed E-state index contributed by atoms with van der Waals surface area (Å²) in [7, 11) is 0. The monoisotopic (exact) mass is 723 g/mol. The quantitative estimate of drug-likeness (QED) is 0.0441. The van der Waals surface area contributed by atoms with Gasteiger partial charge in [0.2, 0.25) is 11.8 Å². The third-order valence-electron chi connectivity index (χ3n) is 9.09. The van der Waals surface area contributed by atoms with E-state index in [2.05, 4.69) is 20.4 Å². The zero-order valence-corrected chi connectivity index (χ0v) is 28.6. The van der Waals surface area contributed by atoms with Gasteiger partial charge in [-0.2, -0.15) is 13.2 Å². The van der Waals surface area contributed by atoms with Crippen molar-refractivity contribution in [1.82, 2.24) is 10.6 Å². The van der Waals surface area contributed by atoms with E-state index in [1.54, 1.807) is 24.3 Å². The van der Waals surface area contributed by atoms with Crippen LogP contribution in [0, 0.1) is 11.3 Å². The number of hydrogen-bond acceptors (Lipinski definition) is 7. The second kappa shape index (κ2) is 18.1. The van der Waals surface area contributed by atoms with Crippen molar-refractivity contribution in [1.29, 1.82) is 5.41 Å². The van der Waals surface area contributed by atoms with Crippen LogP contribution in [0.1, 0.15) is 74.0 Å². The molecule has 9 N–H and O–H groups in total. The number of amides is 2. The van der Waals surface area contributed by atoms with E-state index >= 15 is 0 Å². The van der Waals surface area contributed by atoms with Crippen LogP contribution in [0.5, 0.6) is 0 Å². The predicted octanol–water partition coefficient (Wildman–Crippen LogP) is 4.08. The summed E-state index contributed by atoms with van der Waals surface area (Å²) >= 11 is 0. The topological polar surface area (TPSA) is 216 Å². The summed E-state index contributed by atoms with van der Waals surface area (Å²) in [6.07, 6.45) is -0.707. The molecule has 0 unspecified atom stereocenters. The molecule has 12 nitrogen and oxygen atoms in total. The molecule has 0 bridgehead atoms. The summed E-state index contributed by atoms with van der Waals surface area (Å²) in [6.45, 7) is -0.0156. The fourth-order valence-electron chi connectivity index (χ4n) is 6.35. The zero-order valence-electron chi connectivity index (χ0n) is 28.6. The lowest BCUT2D eigenvalue weighted by molar-refractivity contribution is -0.202. The minimum atomic E-state index is -5.44. The fourth-order valence-corrected chi connectivity index (χ4v) is 6.35. The number of nitrogen functional groups attached to an aromatic ring is 1. The van der Waals surface area contributed by atoms with Crippen LogP contribution >= 0.6 is 0 Å². The van der Waals surface area contributed by atoms with Crippen LogP contribution in [0.15, 0.2) is 71.7 Å². The van der Waals surface area contributed by atoms with Crippen molar-refractivity contribution < 1.29 is 37.1 Å². The molecule has 278 valence electrons. The molecule has 52 heavy (non-hydrogen) atoms. The van der Waals surface area contributed by atoms with Crippen LogP contribution in [0.3, 0.4) is 0 Å². The number of amidine groups is 1. The first-order valence-electron chi connectivity index (χ1n) is 17.1. The van der Waals surface area contributed by atoms with Crippen molar-refractivity contribution in [3.63, 3.8) is 0 Å². The standard InChI is InChI=1S/C37H44F3N7O5/c38-37(39,40)35(51)52-34(50)29(11-6-18-45-36(43)44)46-33(49)30(20-22-7-2-1-3-8-22)47-32(48)28(19-23-12-14-25(15-13-23)31(41)42)27-17-16-24-9-4-5-10-26(24)21-27/h4-5,9-10,12-17,21-22,28-30H,1-3,6-8,11,18-20H2,(H3,41,42)(H,46,49)(H,47,48)(H4,43,44,45)/t28-,29-,30-/m0/s1. The zero-order chi connectivity index (χ0) is 37.8. The molecular weight excluding hydrogens is 679 g/mol. The van der Waals surface area contributed by atoms with Crippen molar-refractivity contribution in [2.24, 2.45) is 28.1 Å². The highest BCUT2D eigenvalue weighted by Gasteiger charge is 2.44. The summed E-state index contributed by atoms with van der Waals surface area (Å²) in [4.78, 5) is 56.4. The average Bonchev–Trinajstić information content (AvgIpc) is 3.11. The first-order valence-corrected chi connectivity index (χ1v) is 17.1. The van der Waals surface area contributed by atoms with E-state index in [0.29, 0.717) is 11.1 Å². The molecule has 3 aromatic rings. The number of nitrogens with zero attached hydrogens (tertiary/aromatic N) is 1. The van der Waals surface area contributed by atoms with E-state index in [1.165, 1.54) is 0 Å². The van der Waals surface area contributed by atoms with Gasteiger partial charge in [-0.25, -0.2) is 9.59 Å². The van der Waals surface area contributed by atoms with Gasteiger partial charge in [0.05, 0.1) is 5.92 Å². The number of benzene rings is 3. The molecule has 1 saturated carbocycles. The van der Waals surface area contributed by atoms with Crippen molar-refractivity contribution in [3.05, 3.63) is 83.4 Å². The smallest absolute Gasteiger partial charge is 0.385 e. The Hall–Kier alpha value is -5.47. The van der Waals surface area contributed by atoms with Crippen LogP contribution in [0.2, 0.25) is 0 Å². The number of carbonyl (C=O) groups is 4. The highest BCUT2D eigenvalue weighted by molar-refractivity contribution is 5.96. The maximum atomic E-state index is 14.3. The Bertz CT molecular complexity index is 1770. The van der Waals surface area contributed by atoms with E-state index in [-0.39, 0.29) is 49.9 Å². The molecule has 3 atom stereocenters. The third kappa shape index (κ3) is 11.5. The summed E-state index contributed by atoms with van der Waals surface area (Å²) < 4.78 is 42.9. The van der Waals surface area contributed by atoms with Gasteiger partial charge in [0, 0.05) is 12.1 Å².